The first-order valence-electron chi connectivity index (χ1n) is 11.0. The smallest absolute Gasteiger partial charge is 0.233 e. The molecule has 2 aliphatic rings. The zero-order chi connectivity index (χ0) is 21.5. The molecule has 0 unspecified atom stereocenters. The highest BCUT2D eigenvalue weighted by atomic mass is 32.2. The van der Waals surface area contributed by atoms with Crippen molar-refractivity contribution in [1.29, 1.82) is 0 Å². The molecule has 0 spiro atoms. The van der Waals surface area contributed by atoms with E-state index in [1.807, 2.05) is 30.3 Å². The van der Waals surface area contributed by atoms with E-state index in [1.165, 1.54) is 31.0 Å². The lowest BCUT2D eigenvalue weighted by molar-refractivity contribution is -0.119. The van der Waals surface area contributed by atoms with Gasteiger partial charge < -0.3 is 20.3 Å². The zero-order valence-corrected chi connectivity index (χ0v) is 18.7. The minimum Gasteiger partial charge on any atom is -0.378 e. The van der Waals surface area contributed by atoms with Gasteiger partial charge in [-0.3, -0.25) is 4.79 Å². The van der Waals surface area contributed by atoms with E-state index in [9.17, 15) is 4.79 Å². The van der Waals surface area contributed by atoms with Crippen LogP contribution in [0.3, 0.4) is 0 Å². The van der Waals surface area contributed by atoms with Gasteiger partial charge in [0, 0.05) is 24.8 Å². The average molecular weight is 443 g/mol. The van der Waals surface area contributed by atoms with Crippen molar-refractivity contribution in [3.63, 3.8) is 0 Å². The van der Waals surface area contributed by atoms with Crippen LogP contribution in [0.2, 0.25) is 0 Å². The van der Waals surface area contributed by atoms with E-state index in [1.54, 1.807) is 0 Å². The lowest BCUT2D eigenvalue weighted by Crippen LogP contribution is -2.41. The number of anilines is 3. The predicted molar refractivity (Wildman–Crippen MR) is 123 cm³/mol. The van der Waals surface area contributed by atoms with Crippen molar-refractivity contribution >= 4 is 35.3 Å². The molecule has 166 valence electrons. The average Bonchev–Trinajstić information content (AvgIpc) is 2.80. The highest BCUT2D eigenvalue weighted by Crippen LogP contribution is 2.25. The highest BCUT2D eigenvalue weighted by Gasteiger charge is 2.23. The van der Waals surface area contributed by atoms with E-state index in [0.717, 1.165) is 25.2 Å². The summed E-state index contributed by atoms with van der Waals surface area (Å²) in [5.74, 6) is 1.96. The van der Waals surface area contributed by atoms with Crippen LogP contribution in [0.5, 0.6) is 0 Å². The number of amides is 1. The van der Waals surface area contributed by atoms with Crippen LogP contribution in [0.15, 0.2) is 35.5 Å². The number of thioether (sulfide) groups is 1. The molecular weight excluding hydrogens is 412 g/mol. The Morgan fingerprint density at radius 2 is 1.90 bits per heavy atom. The summed E-state index contributed by atoms with van der Waals surface area (Å²) in [7, 11) is 0. The molecule has 4 rings (SSSR count). The highest BCUT2D eigenvalue weighted by molar-refractivity contribution is 7.99. The van der Waals surface area contributed by atoms with E-state index >= 15 is 0 Å². The number of carbonyl (C=O) groups excluding carboxylic acids is 1. The molecule has 2 aromatic rings. The molecule has 2 heterocycles. The van der Waals surface area contributed by atoms with Gasteiger partial charge in [-0.1, -0.05) is 49.7 Å². The van der Waals surface area contributed by atoms with Gasteiger partial charge in [0.2, 0.25) is 17.8 Å². The summed E-state index contributed by atoms with van der Waals surface area (Å²) in [4.78, 5) is 28.4. The number of hydrogen-bond acceptors (Lipinski definition) is 8. The number of rotatable bonds is 7. The monoisotopic (exact) mass is 442 g/mol. The van der Waals surface area contributed by atoms with Crippen LogP contribution in [0.1, 0.15) is 32.6 Å². The lowest BCUT2D eigenvalue weighted by atomic mass is 9.86. The maximum Gasteiger partial charge on any atom is 0.233 e. The van der Waals surface area contributed by atoms with Gasteiger partial charge in [0.1, 0.15) is 0 Å². The summed E-state index contributed by atoms with van der Waals surface area (Å²) in [6.45, 7) is 4.99. The van der Waals surface area contributed by atoms with Crippen molar-refractivity contribution in [2.45, 2.75) is 43.8 Å². The molecule has 1 saturated carbocycles. The summed E-state index contributed by atoms with van der Waals surface area (Å²) >= 11 is 1.35. The molecular formula is C22H30N6O2S. The third kappa shape index (κ3) is 6.30. The number of benzene rings is 1. The van der Waals surface area contributed by atoms with E-state index in [0.29, 0.717) is 41.9 Å². The molecule has 1 amide bonds. The molecule has 2 N–H and O–H groups in total. The Kier molecular flexibility index (Phi) is 7.58. The summed E-state index contributed by atoms with van der Waals surface area (Å²) in [5, 5.41) is 6.99. The number of para-hydroxylation sites is 1. The van der Waals surface area contributed by atoms with Crippen LogP contribution >= 0.6 is 11.8 Å². The van der Waals surface area contributed by atoms with Gasteiger partial charge in [0.15, 0.2) is 5.16 Å². The summed E-state index contributed by atoms with van der Waals surface area (Å²) in [5.41, 5.74) is 0.904. The summed E-state index contributed by atoms with van der Waals surface area (Å²) < 4.78 is 5.45. The maximum atomic E-state index is 12.5. The molecule has 31 heavy (non-hydrogen) atoms. The second-order valence-electron chi connectivity index (χ2n) is 8.06. The minimum absolute atomic E-state index is 0.0367. The number of nitrogens with zero attached hydrogens (tertiary/aromatic N) is 4. The van der Waals surface area contributed by atoms with Gasteiger partial charge in [0.25, 0.3) is 0 Å². The minimum atomic E-state index is 0.0367. The molecule has 2 fully saturated rings. The summed E-state index contributed by atoms with van der Waals surface area (Å²) in [6, 6.07) is 10.1. The number of aromatic nitrogens is 3. The van der Waals surface area contributed by atoms with Crippen molar-refractivity contribution in [1.82, 2.24) is 20.3 Å². The molecule has 1 aromatic carbocycles. The van der Waals surface area contributed by atoms with Crippen LogP contribution in [0.25, 0.3) is 0 Å². The van der Waals surface area contributed by atoms with Crippen molar-refractivity contribution in [3.05, 3.63) is 30.3 Å². The van der Waals surface area contributed by atoms with E-state index in [-0.39, 0.29) is 11.9 Å². The van der Waals surface area contributed by atoms with E-state index in [4.69, 9.17) is 4.74 Å². The topological polar surface area (TPSA) is 92.3 Å². The van der Waals surface area contributed by atoms with Crippen LogP contribution in [-0.2, 0) is 9.53 Å². The third-order valence-electron chi connectivity index (χ3n) is 5.72. The fourth-order valence-corrected chi connectivity index (χ4v) is 4.57. The van der Waals surface area contributed by atoms with Gasteiger partial charge in [0.05, 0.1) is 19.0 Å². The van der Waals surface area contributed by atoms with Crippen molar-refractivity contribution in [2.24, 2.45) is 5.92 Å². The Hall–Kier alpha value is -2.39. The van der Waals surface area contributed by atoms with Gasteiger partial charge in [-0.25, -0.2) is 0 Å². The largest absolute Gasteiger partial charge is 0.378 e. The Balaban J connectivity index is 1.44. The quantitative estimate of drug-likeness (QED) is 0.632. The maximum absolute atomic E-state index is 12.5. The normalized spacial score (nSPS) is 21.5. The Morgan fingerprint density at radius 1 is 1.13 bits per heavy atom. The second kappa shape index (κ2) is 10.8. The van der Waals surface area contributed by atoms with E-state index < -0.39 is 0 Å². The van der Waals surface area contributed by atoms with Crippen LogP contribution in [0.4, 0.5) is 17.6 Å². The zero-order valence-electron chi connectivity index (χ0n) is 17.9. The molecule has 0 bridgehead atoms. The van der Waals surface area contributed by atoms with Crippen molar-refractivity contribution < 1.29 is 9.53 Å². The van der Waals surface area contributed by atoms with Crippen LogP contribution in [-0.4, -0.2) is 59.0 Å². The first kappa shape index (κ1) is 21.8. The number of ether oxygens (including phenoxy) is 1. The number of nitrogens with one attached hydrogen (secondary N) is 2. The molecule has 9 heteroatoms. The molecule has 1 saturated heterocycles. The third-order valence-corrected chi connectivity index (χ3v) is 6.56. The molecule has 1 aliphatic heterocycles. The number of morpholine rings is 1. The lowest BCUT2D eigenvalue weighted by Gasteiger charge is -2.29. The number of carbonyl (C=O) groups is 1. The van der Waals surface area contributed by atoms with Crippen LogP contribution in [0, 0.1) is 5.92 Å². The van der Waals surface area contributed by atoms with Crippen molar-refractivity contribution in [3.8, 4) is 0 Å². The number of hydrogen-bond donors (Lipinski definition) is 2. The Labute approximate surface area is 187 Å². The summed E-state index contributed by atoms with van der Waals surface area (Å²) in [6.07, 6.45) is 4.70. The SMILES string of the molecule is C[C@H]1CCCC[C@H]1NC(=O)CSc1nc(Nc2ccccc2)nc(N2CCOCC2)n1. The fourth-order valence-electron chi connectivity index (χ4n) is 3.93. The molecule has 2 atom stereocenters. The van der Waals surface area contributed by atoms with Gasteiger partial charge in [-0.15, -0.1) is 0 Å². The fraction of sp³-hybridized carbons (Fsp3) is 0.545. The van der Waals surface area contributed by atoms with Crippen molar-refractivity contribution in [2.75, 3.05) is 42.3 Å². The van der Waals surface area contributed by atoms with Gasteiger partial charge in [-0.05, 0) is 30.9 Å². The van der Waals surface area contributed by atoms with Crippen LogP contribution < -0.4 is 15.5 Å². The van der Waals surface area contributed by atoms with Gasteiger partial charge >= 0.3 is 0 Å². The molecule has 0 radical (unpaired) electrons. The first-order valence-corrected chi connectivity index (χ1v) is 12.0. The van der Waals surface area contributed by atoms with E-state index in [2.05, 4.69) is 37.4 Å². The molecule has 1 aliphatic carbocycles. The predicted octanol–water partition coefficient (Wildman–Crippen LogP) is 3.24. The Morgan fingerprint density at radius 3 is 2.68 bits per heavy atom. The molecule has 8 nitrogen and oxygen atoms in total. The standard InChI is InChI=1S/C22H30N6O2S/c1-16-7-5-6-10-18(16)24-19(29)15-31-22-26-20(23-17-8-3-2-4-9-17)25-21(27-22)28-11-13-30-14-12-28/h2-4,8-9,16,18H,5-7,10-15H2,1H3,(H,24,29)(H,23,25,26,27)/t16-,18+/m0/s1. The molecule has 1 aromatic heterocycles. The van der Waals surface area contributed by atoms with Gasteiger partial charge in [-0.2, -0.15) is 15.0 Å². The Bertz CT molecular complexity index is 862. The first-order chi connectivity index (χ1) is 15.2. The second-order valence-corrected chi connectivity index (χ2v) is 9.00.